The van der Waals surface area contributed by atoms with Crippen LogP contribution in [0.15, 0.2) is 0 Å². The third kappa shape index (κ3) is 4.39. The second-order valence-electron chi connectivity index (χ2n) is 6.44. The summed E-state index contributed by atoms with van der Waals surface area (Å²) in [6.45, 7) is 5.38. The largest absolute Gasteiger partial charge is 0.480 e. The van der Waals surface area contributed by atoms with Gasteiger partial charge in [0.05, 0.1) is 0 Å². The van der Waals surface area contributed by atoms with Crippen LogP contribution in [0.3, 0.4) is 0 Å². The van der Waals surface area contributed by atoms with Gasteiger partial charge in [0, 0.05) is 13.1 Å². The predicted molar refractivity (Wildman–Crippen MR) is 76.4 cm³/mol. The van der Waals surface area contributed by atoms with E-state index in [2.05, 4.69) is 5.32 Å². The van der Waals surface area contributed by atoms with Crippen LogP contribution < -0.4 is 5.32 Å². The number of carbonyl (C=O) groups excluding carboxylic acids is 1. The Labute approximate surface area is 120 Å². The van der Waals surface area contributed by atoms with Crippen molar-refractivity contribution < 1.29 is 14.7 Å². The maximum absolute atomic E-state index is 12.4. The van der Waals surface area contributed by atoms with Crippen molar-refractivity contribution in [2.24, 2.45) is 17.8 Å². The van der Waals surface area contributed by atoms with E-state index in [-0.39, 0.29) is 11.9 Å². The average Bonchev–Trinajstić information content (AvgIpc) is 3.28. The van der Waals surface area contributed by atoms with E-state index in [0.717, 1.165) is 19.5 Å². The molecule has 2 N–H and O–H groups in total. The quantitative estimate of drug-likeness (QED) is 0.718. The molecule has 1 unspecified atom stereocenters. The molecule has 2 saturated carbocycles. The monoisotopic (exact) mass is 282 g/mol. The minimum Gasteiger partial charge on any atom is -0.480 e. The number of carboxylic acid groups (broad SMARTS) is 1. The highest BCUT2D eigenvalue weighted by molar-refractivity contribution is 5.82. The first-order valence-electron chi connectivity index (χ1n) is 7.79. The van der Waals surface area contributed by atoms with Crippen LogP contribution in [0.25, 0.3) is 0 Å². The summed E-state index contributed by atoms with van der Waals surface area (Å²) in [7, 11) is 0. The summed E-state index contributed by atoms with van der Waals surface area (Å²) in [4.78, 5) is 25.5. The second kappa shape index (κ2) is 6.46. The summed E-state index contributed by atoms with van der Waals surface area (Å²) in [5, 5.41) is 12.0. The van der Waals surface area contributed by atoms with Gasteiger partial charge in [-0.3, -0.25) is 0 Å². The van der Waals surface area contributed by atoms with Crippen molar-refractivity contribution in [3.05, 3.63) is 0 Å². The molecule has 5 nitrogen and oxygen atoms in total. The van der Waals surface area contributed by atoms with E-state index in [1.165, 1.54) is 25.7 Å². The van der Waals surface area contributed by atoms with E-state index >= 15 is 0 Å². The van der Waals surface area contributed by atoms with Gasteiger partial charge in [-0.05, 0) is 43.4 Å². The number of hydrogen-bond acceptors (Lipinski definition) is 2. The lowest BCUT2D eigenvalue weighted by atomic mass is 9.99. The molecule has 2 fully saturated rings. The number of nitrogens with one attached hydrogen (secondary N) is 1. The Hall–Kier alpha value is -1.26. The van der Waals surface area contributed by atoms with Gasteiger partial charge < -0.3 is 15.3 Å². The van der Waals surface area contributed by atoms with E-state index in [1.807, 2.05) is 18.7 Å². The Morgan fingerprint density at radius 3 is 2.05 bits per heavy atom. The number of carboxylic acids is 1. The van der Waals surface area contributed by atoms with Gasteiger partial charge in [-0.1, -0.05) is 20.3 Å². The lowest BCUT2D eigenvalue weighted by molar-refractivity contribution is -0.140. The molecule has 0 aliphatic heterocycles. The first-order valence-corrected chi connectivity index (χ1v) is 7.79. The molecular formula is C15H26N2O3. The van der Waals surface area contributed by atoms with E-state index in [9.17, 15) is 14.7 Å². The molecule has 0 aromatic carbocycles. The van der Waals surface area contributed by atoms with E-state index in [4.69, 9.17) is 0 Å². The molecule has 2 aliphatic rings. The molecule has 2 amide bonds. The Kier molecular flexibility index (Phi) is 4.89. The maximum atomic E-state index is 12.4. The second-order valence-corrected chi connectivity index (χ2v) is 6.44. The van der Waals surface area contributed by atoms with Gasteiger partial charge in [-0.25, -0.2) is 9.59 Å². The first-order chi connectivity index (χ1) is 9.51. The van der Waals surface area contributed by atoms with Crippen LogP contribution in [0.1, 0.15) is 46.0 Å². The zero-order chi connectivity index (χ0) is 14.7. The van der Waals surface area contributed by atoms with Gasteiger partial charge in [0.2, 0.25) is 0 Å². The summed E-state index contributed by atoms with van der Waals surface area (Å²) in [6.07, 6.45) is 5.52. The first kappa shape index (κ1) is 15.1. The van der Waals surface area contributed by atoms with Crippen LogP contribution >= 0.6 is 0 Å². The molecule has 0 bridgehead atoms. The van der Waals surface area contributed by atoms with Crippen LogP contribution in [0.2, 0.25) is 0 Å². The third-order valence-electron chi connectivity index (χ3n) is 4.40. The standard InChI is InChI=1S/C15H26N2O3/c1-3-10(2)13(14(18)19)16-15(20)17(8-11-4-5-11)9-12-6-7-12/h10-13H,3-9H2,1-2H3,(H,16,20)(H,18,19)/t10?,13-/m0/s1. The van der Waals surface area contributed by atoms with E-state index in [1.54, 1.807) is 0 Å². The third-order valence-corrected chi connectivity index (χ3v) is 4.40. The molecule has 114 valence electrons. The van der Waals surface area contributed by atoms with Gasteiger partial charge in [0.15, 0.2) is 0 Å². The minimum absolute atomic E-state index is 0.0554. The van der Waals surface area contributed by atoms with Crippen molar-refractivity contribution in [1.29, 1.82) is 0 Å². The fourth-order valence-corrected chi connectivity index (χ4v) is 2.37. The lowest BCUT2D eigenvalue weighted by Crippen LogP contribution is -2.51. The SMILES string of the molecule is CCC(C)[C@H](NC(=O)N(CC1CC1)CC1CC1)C(=O)O. The lowest BCUT2D eigenvalue weighted by Gasteiger charge is -2.27. The van der Waals surface area contributed by atoms with E-state index < -0.39 is 12.0 Å². The molecule has 0 aromatic heterocycles. The number of urea groups is 1. The van der Waals surface area contributed by atoms with Crippen molar-refractivity contribution in [3.8, 4) is 0 Å². The Morgan fingerprint density at radius 2 is 1.70 bits per heavy atom. The number of rotatable bonds is 8. The number of aliphatic carboxylic acids is 1. The topological polar surface area (TPSA) is 69.6 Å². The van der Waals surface area contributed by atoms with Crippen molar-refractivity contribution >= 4 is 12.0 Å². The molecular weight excluding hydrogens is 256 g/mol. The number of carbonyl (C=O) groups is 2. The van der Waals surface area contributed by atoms with Crippen molar-refractivity contribution in [1.82, 2.24) is 10.2 Å². The number of hydrogen-bond donors (Lipinski definition) is 2. The van der Waals surface area contributed by atoms with Crippen molar-refractivity contribution in [2.75, 3.05) is 13.1 Å². The summed E-state index contributed by atoms with van der Waals surface area (Å²) < 4.78 is 0. The maximum Gasteiger partial charge on any atom is 0.326 e. The molecule has 20 heavy (non-hydrogen) atoms. The van der Waals surface area contributed by atoms with Crippen LogP contribution in [0.4, 0.5) is 4.79 Å². The zero-order valence-electron chi connectivity index (χ0n) is 12.5. The Balaban J connectivity index is 1.91. The summed E-state index contributed by atoms with van der Waals surface area (Å²) >= 11 is 0. The molecule has 5 heteroatoms. The van der Waals surface area contributed by atoms with Gasteiger partial charge >= 0.3 is 12.0 Å². The molecule has 2 aliphatic carbocycles. The molecule has 0 heterocycles. The smallest absolute Gasteiger partial charge is 0.326 e. The minimum atomic E-state index is -0.939. The highest BCUT2D eigenvalue weighted by atomic mass is 16.4. The Bertz CT molecular complexity index is 350. The number of amides is 2. The van der Waals surface area contributed by atoms with Gasteiger partial charge in [0.1, 0.15) is 6.04 Å². The predicted octanol–water partition coefficient (Wildman–Crippen LogP) is 2.32. The normalized spacial score (nSPS) is 21.1. The van der Waals surface area contributed by atoms with Crippen LogP contribution in [-0.4, -0.2) is 41.1 Å². The molecule has 2 atom stereocenters. The molecule has 0 radical (unpaired) electrons. The molecule has 0 aromatic rings. The highest BCUT2D eigenvalue weighted by Gasteiger charge is 2.33. The fraction of sp³-hybridized carbons (Fsp3) is 0.867. The summed E-state index contributed by atoms with van der Waals surface area (Å²) in [5.74, 6) is 0.267. The average molecular weight is 282 g/mol. The van der Waals surface area contributed by atoms with Crippen LogP contribution in [0.5, 0.6) is 0 Å². The zero-order valence-corrected chi connectivity index (χ0v) is 12.5. The van der Waals surface area contributed by atoms with Crippen molar-refractivity contribution in [2.45, 2.75) is 52.0 Å². The van der Waals surface area contributed by atoms with Gasteiger partial charge in [-0.2, -0.15) is 0 Å². The summed E-state index contributed by atoms with van der Waals surface area (Å²) in [6, 6.07) is -0.982. The van der Waals surface area contributed by atoms with Crippen LogP contribution in [0, 0.1) is 17.8 Å². The van der Waals surface area contributed by atoms with E-state index in [0.29, 0.717) is 11.8 Å². The highest BCUT2D eigenvalue weighted by Crippen LogP contribution is 2.33. The Morgan fingerprint density at radius 1 is 1.20 bits per heavy atom. The van der Waals surface area contributed by atoms with Gasteiger partial charge in [-0.15, -0.1) is 0 Å². The number of nitrogens with zero attached hydrogens (tertiary/aromatic N) is 1. The van der Waals surface area contributed by atoms with Gasteiger partial charge in [0.25, 0.3) is 0 Å². The van der Waals surface area contributed by atoms with Crippen LogP contribution in [-0.2, 0) is 4.79 Å². The molecule has 2 rings (SSSR count). The molecule has 0 spiro atoms. The molecule has 0 saturated heterocycles. The van der Waals surface area contributed by atoms with Crippen molar-refractivity contribution in [3.63, 3.8) is 0 Å². The summed E-state index contributed by atoms with van der Waals surface area (Å²) in [5.41, 5.74) is 0. The fourth-order valence-electron chi connectivity index (χ4n) is 2.37.